The van der Waals surface area contributed by atoms with Crippen LogP contribution in [0.4, 0.5) is 11.4 Å². The van der Waals surface area contributed by atoms with Crippen LogP contribution in [0.2, 0.25) is 0 Å². The minimum absolute atomic E-state index is 0.0949. The second-order valence-corrected chi connectivity index (χ2v) is 8.84. The summed E-state index contributed by atoms with van der Waals surface area (Å²) in [5, 5.41) is 2.92. The Hall–Kier alpha value is -2.19. The number of benzene rings is 2. The van der Waals surface area contributed by atoms with Crippen LogP contribution in [0.5, 0.6) is 5.75 Å². The smallest absolute Gasteiger partial charge is 0.261 e. The Balaban J connectivity index is 1.88. The molecule has 3 rings (SSSR count). The van der Waals surface area contributed by atoms with E-state index in [4.69, 9.17) is 4.74 Å². The van der Waals surface area contributed by atoms with Gasteiger partial charge in [0.15, 0.2) is 0 Å². The third kappa shape index (κ3) is 4.08. The molecule has 1 amide bonds. The van der Waals surface area contributed by atoms with Gasteiger partial charge >= 0.3 is 0 Å². The van der Waals surface area contributed by atoms with E-state index in [2.05, 4.69) is 10.0 Å². The van der Waals surface area contributed by atoms with Gasteiger partial charge in [-0.25, -0.2) is 8.42 Å². The van der Waals surface area contributed by atoms with Gasteiger partial charge in [0.25, 0.3) is 10.0 Å². The topological polar surface area (TPSA) is 84.5 Å². The van der Waals surface area contributed by atoms with Gasteiger partial charge in [-0.2, -0.15) is 0 Å². The van der Waals surface area contributed by atoms with Crippen LogP contribution in [0.15, 0.2) is 52.3 Å². The van der Waals surface area contributed by atoms with Crippen LogP contribution in [-0.2, 0) is 14.8 Å². The van der Waals surface area contributed by atoms with Gasteiger partial charge in [-0.3, -0.25) is 9.52 Å². The van der Waals surface area contributed by atoms with Crippen molar-refractivity contribution < 1.29 is 17.9 Å². The molecule has 0 saturated heterocycles. The molecule has 2 aromatic carbocycles. The van der Waals surface area contributed by atoms with Crippen LogP contribution >= 0.6 is 11.8 Å². The van der Waals surface area contributed by atoms with Gasteiger partial charge < -0.3 is 10.1 Å². The van der Waals surface area contributed by atoms with Crippen LogP contribution < -0.4 is 14.8 Å². The summed E-state index contributed by atoms with van der Waals surface area (Å²) in [6.07, 6.45) is 0.394. The first kappa shape index (κ1) is 17.6. The molecule has 25 heavy (non-hydrogen) atoms. The van der Waals surface area contributed by atoms with Gasteiger partial charge in [-0.1, -0.05) is 6.92 Å². The lowest BCUT2D eigenvalue weighted by Crippen LogP contribution is -2.15. The van der Waals surface area contributed by atoms with Crippen molar-refractivity contribution in [2.75, 3.05) is 17.1 Å². The van der Waals surface area contributed by atoms with E-state index in [0.29, 0.717) is 23.5 Å². The summed E-state index contributed by atoms with van der Waals surface area (Å²) in [4.78, 5) is 12.8. The largest absolute Gasteiger partial charge is 0.497 e. The molecule has 8 heteroatoms. The fourth-order valence-electron chi connectivity index (χ4n) is 2.47. The van der Waals surface area contributed by atoms with E-state index in [1.807, 2.05) is 6.92 Å². The number of anilines is 2. The Morgan fingerprint density at radius 3 is 2.60 bits per heavy atom. The van der Waals surface area contributed by atoms with Crippen molar-refractivity contribution in [1.82, 2.24) is 0 Å². The zero-order chi connectivity index (χ0) is 18.0. The van der Waals surface area contributed by atoms with E-state index in [0.717, 1.165) is 4.90 Å². The molecule has 0 spiro atoms. The van der Waals surface area contributed by atoms with Gasteiger partial charge in [0, 0.05) is 22.3 Å². The molecule has 0 aliphatic carbocycles. The van der Waals surface area contributed by atoms with E-state index in [-0.39, 0.29) is 16.1 Å². The number of methoxy groups -OCH3 is 1. The summed E-state index contributed by atoms with van der Waals surface area (Å²) in [6, 6.07) is 11.4. The summed E-state index contributed by atoms with van der Waals surface area (Å²) < 4.78 is 32.8. The van der Waals surface area contributed by atoms with Gasteiger partial charge in [0.2, 0.25) is 5.91 Å². The van der Waals surface area contributed by atoms with Crippen molar-refractivity contribution in [3.63, 3.8) is 0 Å². The predicted molar refractivity (Wildman–Crippen MR) is 98.8 cm³/mol. The average molecular weight is 378 g/mol. The highest BCUT2D eigenvalue weighted by Crippen LogP contribution is 2.36. The summed E-state index contributed by atoms with van der Waals surface area (Å²) in [5.41, 5.74) is 0.958. The number of thioether (sulfide) groups is 1. The van der Waals surface area contributed by atoms with Crippen molar-refractivity contribution in [3.8, 4) is 5.75 Å². The Bertz CT molecular complexity index is 895. The van der Waals surface area contributed by atoms with Crippen molar-refractivity contribution in [1.29, 1.82) is 0 Å². The second-order valence-electron chi connectivity index (χ2n) is 5.67. The van der Waals surface area contributed by atoms with Crippen molar-refractivity contribution in [3.05, 3.63) is 42.5 Å². The van der Waals surface area contributed by atoms with E-state index in [1.54, 1.807) is 55.3 Å². The lowest BCUT2D eigenvalue weighted by atomic mass is 10.3. The van der Waals surface area contributed by atoms with Crippen LogP contribution in [0.3, 0.4) is 0 Å². The molecule has 1 atom stereocenters. The maximum atomic E-state index is 12.6. The minimum Gasteiger partial charge on any atom is -0.497 e. The number of hydrogen-bond donors (Lipinski definition) is 2. The SMILES string of the molecule is COc1ccc(NS(=O)(=O)c2ccc3c(c2)NC(=O)CC(C)S3)cc1. The van der Waals surface area contributed by atoms with Crippen LogP contribution in [0, 0.1) is 0 Å². The molecule has 1 unspecified atom stereocenters. The fraction of sp³-hybridized carbons (Fsp3) is 0.235. The highest BCUT2D eigenvalue weighted by molar-refractivity contribution is 8.00. The fourth-order valence-corrected chi connectivity index (χ4v) is 4.61. The second kappa shape index (κ2) is 6.97. The number of amides is 1. The monoisotopic (exact) mass is 378 g/mol. The van der Waals surface area contributed by atoms with E-state index in [1.165, 1.54) is 6.07 Å². The van der Waals surface area contributed by atoms with Gasteiger partial charge in [0.05, 0.1) is 17.7 Å². The molecule has 1 heterocycles. The Labute approximate surface area is 151 Å². The normalized spacial score (nSPS) is 17.2. The molecule has 0 saturated carbocycles. The van der Waals surface area contributed by atoms with Crippen LogP contribution in [0.1, 0.15) is 13.3 Å². The third-order valence-electron chi connectivity index (χ3n) is 3.68. The van der Waals surface area contributed by atoms with Crippen LogP contribution in [-0.4, -0.2) is 26.7 Å². The minimum atomic E-state index is -3.76. The van der Waals surface area contributed by atoms with Gasteiger partial charge in [-0.05, 0) is 42.5 Å². The zero-order valence-electron chi connectivity index (χ0n) is 13.8. The molecule has 2 aromatic rings. The molecular weight excluding hydrogens is 360 g/mol. The Kier molecular flexibility index (Phi) is 4.91. The number of carbonyl (C=O) groups excluding carboxylic acids is 1. The lowest BCUT2D eigenvalue weighted by molar-refractivity contribution is -0.116. The molecule has 6 nitrogen and oxygen atoms in total. The van der Waals surface area contributed by atoms with E-state index < -0.39 is 10.0 Å². The third-order valence-corrected chi connectivity index (χ3v) is 6.24. The predicted octanol–water partition coefficient (Wildman–Crippen LogP) is 3.32. The quantitative estimate of drug-likeness (QED) is 0.853. The van der Waals surface area contributed by atoms with Gasteiger partial charge in [0.1, 0.15) is 5.75 Å². The molecule has 1 aliphatic rings. The number of rotatable bonds is 4. The number of hydrogen-bond acceptors (Lipinski definition) is 5. The summed E-state index contributed by atoms with van der Waals surface area (Å²) in [6.45, 7) is 1.97. The van der Waals surface area contributed by atoms with E-state index >= 15 is 0 Å². The molecular formula is C17H18N2O4S2. The summed E-state index contributed by atoms with van der Waals surface area (Å²) in [5.74, 6) is 0.526. The average Bonchev–Trinajstić information content (AvgIpc) is 2.70. The molecule has 1 aliphatic heterocycles. The molecule has 0 bridgehead atoms. The number of nitrogens with one attached hydrogen (secondary N) is 2. The number of carbonyl (C=O) groups is 1. The molecule has 0 radical (unpaired) electrons. The van der Waals surface area contributed by atoms with Crippen molar-refractivity contribution >= 4 is 39.1 Å². The molecule has 2 N–H and O–H groups in total. The number of fused-ring (bicyclic) bond motifs is 1. The lowest BCUT2D eigenvalue weighted by Gasteiger charge is -2.12. The van der Waals surface area contributed by atoms with Crippen molar-refractivity contribution in [2.45, 2.75) is 28.4 Å². The highest BCUT2D eigenvalue weighted by Gasteiger charge is 2.22. The van der Waals surface area contributed by atoms with Crippen molar-refractivity contribution in [2.24, 2.45) is 0 Å². The van der Waals surface area contributed by atoms with E-state index in [9.17, 15) is 13.2 Å². The highest BCUT2D eigenvalue weighted by atomic mass is 32.2. The van der Waals surface area contributed by atoms with Crippen LogP contribution in [0.25, 0.3) is 0 Å². The maximum Gasteiger partial charge on any atom is 0.261 e. The number of ether oxygens (including phenoxy) is 1. The molecule has 0 fully saturated rings. The molecule has 132 valence electrons. The first-order chi connectivity index (χ1) is 11.9. The molecule has 0 aromatic heterocycles. The maximum absolute atomic E-state index is 12.6. The first-order valence-electron chi connectivity index (χ1n) is 7.65. The zero-order valence-corrected chi connectivity index (χ0v) is 15.4. The Morgan fingerprint density at radius 2 is 1.92 bits per heavy atom. The van der Waals surface area contributed by atoms with Gasteiger partial charge in [-0.15, -0.1) is 11.8 Å². The first-order valence-corrected chi connectivity index (χ1v) is 10.0. The summed E-state index contributed by atoms with van der Waals surface area (Å²) in [7, 11) is -2.22. The standard InChI is InChI=1S/C17H18N2O4S2/c1-11-9-17(20)18-15-10-14(7-8-16(15)24-11)25(21,22)19-12-3-5-13(23-2)6-4-12/h3-8,10-11,19H,9H2,1-2H3,(H,18,20). The summed E-state index contributed by atoms with van der Waals surface area (Å²) >= 11 is 1.55. The Morgan fingerprint density at radius 1 is 1.20 bits per heavy atom. The number of sulfonamides is 1.